The van der Waals surface area contributed by atoms with Crippen molar-refractivity contribution >= 4 is 11.6 Å². The van der Waals surface area contributed by atoms with E-state index in [1.54, 1.807) is 6.20 Å². The summed E-state index contributed by atoms with van der Waals surface area (Å²) in [4.78, 5) is 12.7. The predicted octanol–water partition coefficient (Wildman–Crippen LogP) is 1.83. The minimum Gasteiger partial charge on any atom is -0.384 e. The van der Waals surface area contributed by atoms with Crippen LogP contribution in [0.25, 0.3) is 11.5 Å². The lowest BCUT2D eigenvalue weighted by Gasteiger charge is -2.10. The number of nitrogens with two attached hydrogens (primary N) is 2. The van der Waals surface area contributed by atoms with Crippen LogP contribution in [0.1, 0.15) is 25.3 Å². The molecule has 2 aromatic heterocycles. The fraction of sp³-hybridized carbons (Fsp3) is 0.250. The number of aromatic nitrogens is 3. The molecule has 2 aromatic rings. The first-order valence-corrected chi connectivity index (χ1v) is 5.43. The number of pyridine rings is 1. The van der Waals surface area contributed by atoms with Gasteiger partial charge in [-0.3, -0.25) is 4.98 Å². The van der Waals surface area contributed by atoms with E-state index in [0.717, 1.165) is 11.3 Å². The average molecular weight is 229 g/mol. The fourth-order valence-corrected chi connectivity index (χ4v) is 1.66. The SMILES string of the molecule is CC(C)c1cccnc1-c1nc(N)cc(N)n1. The molecular formula is C12H15N5. The van der Waals surface area contributed by atoms with E-state index in [1.807, 2.05) is 12.1 Å². The second kappa shape index (κ2) is 4.37. The van der Waals surface area contributed by atoms with E-state index in [1.165, 1.54) is 6.07 Å². The number of nitrogen functional groups attached to an aromatic ring is 2. The monoisotopic (exact) mass is 229 g/mol. The van der Waals surface area contributed by atoms with Gasteiger partial charge < -0.3 is 11.5 Å². The molecule has 5 nitrogen and oxygen atoms in total. The van der Waals surface area contributed by atoms with E-state index in [4.69, 9.17) is 11.5 Å². The zero-order valence-electron chi connectivity index (χ0n) is 9.88. The molecule has 0 saturated heterocycles. The molecular weight excluding hydrogens is 214 g/mol. The number of rotatable bonds is 2. The summed E-state index contributed by atoms with van der Waals surface area (Å²) in [6.07, 6.45) is 1.71. The van der Waals surface area contributed by atoms with Crippen LogP contribution >= 0.6 is 0 Å². The molecule has 0 aromatic carbocycles. The van der Waals surface area contributed by atoms with Crippen molar-refractivity contribution in [2.75, 3.05) is 11.5 Å². The van der Waals surface area contributed by atoms with Crippen LogP contribution in [0.5, 0.6) is 0 Å². The summed E-state index contributed by atoms with van der Waals surface area (Å²) in [5, 5.41) is 0. The molecule has 4 N–H and O–H groups in total. The second-order valence-corrected chi connectivity index (χ2v) is 4.14. The molecule has 88 valence electrons. The number of hydrogen-bond acceptors (Lipinski definition) is 5. The normalized spacial score (nSPS) is 10.8. The van der Waals surface area contributed by atoms with Crippen LogP contribution in [0.3, 0.4) is 0 Å². The molecule has 2 rings (SSSR count). The second-order valence-electron chi connectivity index (χ2n) is 4.14. The quantitative estimate of drug-likeness (QED) is 0.819. The van der Waals surface area contributed by atoms with Gasteiger partial charge in [-0.15, -0.1) is 0 Å². The molecule has 0 radical (unpaired) electrons. The first-order chi connectivity index (χ1) is 8.08. The topological polar surface area (TPSA) is 90.7 Å². The molecule has 0 amide bonds. The Kier molecular flexibility index (Phi) is 2.91. The van der Waals surface area contributed by atoms with Crippen molar-refractivity contribution in [1.82, 2.24) is 15.0 Å². The maximum Gasteiger partial charge on any atom is 0.182 e. The highest BCUT2D eigenvalue weighted by Crippen LogP contribution is 2.25. The molecule has 0 spiro atoms. The van der Waals surface area contributed by atoms with Crippen molar-refractivity contribution < 1.29 is 0 Å². The number of nitrogens with zero attached hydrogens (tertiary/aromatic N) is 3. The Hall–Kier alpha value is -2.17. The molecule has 0 unspecified atom stereocenters. The van der Waals surface area contributed by atoms with Crippen LogP contribution in [0.4, 0.5) is 11.6 Å². The molecule has 0 aliphatic heterocycles. The highest BCUT2D eigenvalue weighted by Gasteiger charge is 2.12. The Morgan fingerprint density at radius 1 is 1.12 bits per heavy atom. The molecule has 2 heterocycles. The van der Waals surface area contributed by atoms with E-state index in [-0.39, 0.29) is 0 Å². The fourth-order valence-electron chi connectivity index (χ4n) is 1.66. The van der Waals surface area contributed by atoms with E-state index < -0.39 is 0 Å². The van der Waals surface area contributed by atoms with Crippen molar-refractivity contribution in [3.05, 3.63) is 30.0 Å². The zero-order valence-corrected chi connectivity index (χ0v) is 9.88. The third kappa shape index (κ3) is 2.33. The molecule has 0 atom stereocenters. The Labute approximate surface area is 99.9 Å². The summed E-state index contributed by atoms with van der Waals surface area (Å²) in [7, 11) is 0. The van der Waals surface area contributed by atoms with Crippen molar-refractivity contribution in [3.8, 4) is 11.5 Å². The molecule has 0 aliphatic rings. The van der Waals surface area contributed by atoms with Gasteiger partial charge in [0.25, 0.3) is 0 Å². The summed E-state index contributed by atoms with van der Waals surface area (Å²) < 4.78 is 0. The minimum atomic E-state index is 0.338. The molecule has 0 fully saturated rings. The zero-order chi connectivity index (χ0) is 12.4. The van der Waals surface area contributed by atoms with Crippen molar-refractivity contribution in [3.63, 3.8) is 0 Å². The molecule has 17 heavy (non-hydrogen) atoms. The van der Waals surface area contributed by atoms with Gasteiger partial charge in [-0.2, -0.15) is 0 Å². The Bertz CT molecular complexity index is 516. The average Bonchev–Trinajstić information content (AvgIpc) is 2.27. The molecule has 0 aliphatic carbocycles. The van der Waals surface area contributed by atoms with Crippen LogP contribution in [0.15, 0.2) is 24.4 Å². The van der Waals surface area contributed by atoms with Gasteiger partial charge in [0.2, 0.25) is 0 Å². The highest BCUT2D eigenvalue weighted by atomic mass is 15.0. The van der Waals surface area contributed by atoms with Gasteiger partial charge >= 0.3 is 0 Å². The summed E-state index contributed by atoms with van der Waals surface area (Å²) in [5.41, 5.74) is 13.1. The van der Waals surface area contributed by atoms with Crippen LogP contribution in [-0.2, 0) is 0 Å². The lowest BCUT2D eigenvalue weighted by Crippen LogP contribution is -2.03. The number of hydrogen-bond donors (Lipinski definition) is 2. The van der Waals surface area contributed by atoms with Crippen LogP contribution in [0.2, 0.25) is 0 Å². The van der Waals surface area contributed by atoms with Gasteiger partial charge in [0.15, 0.2) is 5.82 Å². The first kappa shape index (κ1) is 11.3. The number of anilines is 2. The van der Waals surface area contributed by atoms with Crippen molar-refractivity contribution in [1.29, 1.82) is 0 Å². The summed E-state index contributed by atoms with van der Waals surface area (Å²) >= 11 is 0. The lowest BCUT2D eigenvalue weighted by atomic mass is 10.0. The lowest BCUT2D eigenvalue weighted by molar-refractivity contribution is 0.858. The van der Waals surface area contributed by atoms with Gasteiger partial charge in [0.05, 0.1) is 0 Å². The van der Waals surface area contributed by atoms with Crippen LogP contribution in [0, 0.1) is 0 Å². The molecule has 0 bridgehead atoms. The van der Waals surface area contributed by atoms with Gasteiger partial charge in [0, 0.05) is 12.3 Å². The minimum absolute atomic E-state index is 0.338. The van der Waals surface area contributed by atoms with Crippen molar-refractivity contribution in [2.24, 2.45) is 0 Å². The van der Waals surface area contributed by atoms with Gasteiger partial charge in [-0.25, -0.2) is 9.97 Å². The third-order valence-corrected chi connectivity index (χ3v) is 2.44. The summed E-state index contributed by atoms with van der Waals surface area (Å²) in [6, 6.07) is 5.44. The Morgan fingerprint density at radius 3 is 2.35 bits per heavy atom. The molecule has 0 saturated carbocycles. The van der Waals surface area contributed by atoms with E-state index in [9.17, 15) is 0 Å². The standard InChI is InChI=1S/C12H15N5/c1-7(2)8-4-3-5-15-11(8)12-16-9(13)6-10(14)17-12/h3-7H,1-2H3,(H4,13,14,16,17). The largest absolute Gasteiger partial charge is 0.384 e. The maximum absolute atomic E-state index is 5.66. The first-order valence-electron chi connectivity index (χ1n) is 5.43. The Balaban J connectivity index is 2.60. The van der Waals surface area contributed by atoms with E-state index >= 15 is 0 Å². The van der Waals surface area contributed by atoms with Crippen LogP contribution in [-0.4, -0.2) is 15.0 Å². The van der Waals surface area contributed by atoms with Gasteiger partial charge in [-0.1, -0.05) is 19.9 Å². The van der Waals surface area contributed by atoms with E-state index in [2.05, 4.69) is 28.8 Å². The van der Waals surface area contributed by atoms with Gasteiger partial charge in [0.1, 0.15) is 17.3 Å². The van der Waals surface area contributed by atoms with Gasteiger partial charge in [-0.05, 0) is 17.5 Å². The van der Waals surface area contributed by atoms with Crippen LogP contribution < -0.4 is 11.5 Å². The van der Waals surface area contributed by atoms with E-state index in [0.29, 0.717) is 23.4 Å². The molecule has 5 heteroatoms. The smallest absolute Gasteiger partial charge is 0.182 e. The Morgan fingerprint density at radius 2 is 1.76 bits per heavy atom. The van der Waals surface area contributed by atoms with Crippen molar-refractivity contribution in [2.45, 2.75) is 19.8 Å². The summed E-state index contributed by atoms with van der Waals surface area (Å²) in [5.74, 6) is 1.53. The summed E-state index contributed by atoms with van der Waals surface area (Å²) in [6.45, 7) is 4.19. The maximum atomic E-state index is 5.66. The highest BCUT2D eigenvalue weighted by molar-refractivity contribution is 5.59. The third-order valence-electron chi connectivity index (χ3n) is 2.44. The predicted molar refractivity (Wildman–Crippen MR) is 68.2 cm³/mol.